The number of aliphatic hydroxyl groups is 4. The zero-order valence-corrected chi connectivity index (χ0v) is 30.2. The number of aliphatic hydroxyl groups excluding tert-OH is 4. The Kier molecular flexibility index (Phi) is 11.6. The van der Waals surface area contributed by atoms with E-state index in [0.717, 1.165) is 5.06 Å². The number of quaternary nitrogens is 1. The van der Waals surface area contributed by atoms with Gasteiger partial charge in [-0.15, -0.1) is 4.81 Å². The Labute approximate surface area is 293 Å². The van der Waals surface area contributed by atoms with Gasteiger partial charge < -0.3 is 39.8 Å². The SMILES string of the molecule is CC[C@H](C)C1=C(O)[N@@+]2([O-])OC3CCC(C4C(O)C(O)C(C5CCC(O)CC5)C(OC(C)=O)C4OC(C)=O)CC3O[C@]2([C@@H](C)CC)C(=O)N1OC. The molecule has 4 fully saturated rings. The van der Waals surface area contributed by atoms with E-state index in [9.17, 15) is 40.0 Å². The van der Waals surface area contributed by atoms with Gasteiger partial charge in [-0.25, -0.2) is 0 Å². The molecule has 3 saturated carbocycles. The van der Waals surface area contributed by atoms with Crippen molar-refractivity contribution in [1.29, 1.82) is 0 Å². The van der Waals surface area contributed by atoms with Gasteiger partial charge in [0.05, 0.1) is 37.4 Å². The van der Waals surface area contributed by atoms with E-state index in [1.165, 1.54) is 21.0 Å². The molecule has 15 heteroatoms. The number of amides is 1. The molecule has 0 bridgehead atoms. The molecule has 1 saturated heterocycles. The highest BCUT2D eigenvalue weighted by molar-refractivity contribution is 5.86. The lowest BCUT2D eigenvalue weighted by molar-refractivity contribution is -1.12. The molecule has 2 aliphatic heterocycles. The summed E-state index contributed by atoms with van der Waals surface area (Å²) in [4.78, 5) is 49.3. The Morgan fingerprint density at radius 3 is 1.96 bits per heavy atom. The lowest BCUT2D eigenvalue weighted by Gasteiger charge is -2.61. The highest BCUT2D eigenvalue weighted by Crippen LogP contribution is 2.55. The summed E-state index contributed by atoms with van der Waals surface area (Å²) in [6.45, 7) is 9.55. The summed E-state index contributed by atoms with van der Waals surface area (Å²) >= 11 is 0. The number of fused-ring (bicyclic) bond motifs is 2. The molecular weight excluding hydrogens is 656 g/mol. The fourth-order valence-corrected chi connectivity index (χ4v) is 9.40. The van der Waals surface area contributed by atoms with Crippen LogP contribution in [0.3, 0.4) is 0 Å². The van der Waals surface area contributed by atoms with Crippen molar-refractivity contribution in [2.75, 3.05) is 7.11 Å². The van der Waals surface area contributed by atoms with Gasteiger partial charge >= 0.3 is 29.5 Å². The molecule has 0 aromatic carbocycles. The first kappa shape index (κ1) is 38.9. The second-order valence-corrected chi connectivity index (χ2v) is 15.1. The number of nitrogens with zero attached hydrogens (tertiary/aromatic N) is 2. The van der Waals surface area contributed by atoms with Crippen molar-refractivity contribution in [1.82, 2.24) is 5.06 Å². The van der Waals surface area contributed by atoms with Crippen LogP contribution in [0, 0.1) is 40.7 Å². The number of allylic oxidation sites excluding steroid dienone is 1. The maximum absolute atomic E-state index is 14.9. The Morgan fingerprint density at radius 1 is 0.920 bits per heavy atom. The predicted octanol–water partition coefficient (Wildman–Crippen LogP) is 3.10. The summed E-state index contributed by atoms with van der Waals surface area (Å²) in [5.41, 5.74) is -2.27. The molecule has 50 heavy (non-hydrogen) atoms. The zero-order chi connectivity index (χ0) is 36.9. The fraction of sp³-hybridized carbons (Fsp3) is 0.857. The number of rotatable bonds is 9. The minimum atomic E-state index is -2.27. The number of hydrogen-bond acceptors (Lipinski definition) is 13. The van der Waals surface area contributed by atoms with Gasteiger partial charge in [0, 0.05) is 31.6 Å². The number of ether oxygens (including phenoxy) is 3. The molecule has 15 nitrogen and oxygen atoms in total. The van der Waals surface area contributed by atoms with Crippen LogP contribution in [0.1, 0.15) is 99.3 Å². The van der Waals surface area contributed by atoms with E-state index in [4.69, 9.17) is 23.9 Å². The summed E-state index contributed by atoms with van der Waals surface area (Å²) in [5.74, 6) is -6.38. The minimum absolute atomic E-state index is 0.00625. The van der Waals surface area contributed by atoms with Gasteiger partial charge in [-0.1, -0.05) is 27.7 Å². The average molecular weight is 713 g/mol. The first-order valence-electron chi connectivity index (χ1n) is 18.2. The molecule has 0 aromatic rings. The summed E-state index contributed by atoms with van der Waals surface area (Å²) in [5, 5.41) is 61.2. The Balaban J connectivity index is 1.52. The van der Waals surface area contributed by atoms with Gasteiger partial charge in [0.2, 0.25) is 0 Å². The third-order valence-electron chi connectivity index (χ3n) is 12.2. The molecule has 13 atom stereocenters. The van der Waals surface area contributed by atoms with Crippen LogP contribution in [0.15, 0.2) is 11.6 Å². The molecule has 3 aliphatic carbocycles. The Bertz CT molecular complexity index is 1300. The van der Waals surface area contributed by atoms with E-state index in [1.807, 2.05) is 6.92 Å². The van der Waals surface area contributed by atoms with Crippen LogP contribution in [0.5, 0.6) is 0 Å². The number of esters is 2. The number of carbonyl (C=O) groups excluding carboxylic acids is 3. The van der Waals surface area contributed by atoms with Crippen molar-refractivity contribution in [2.45, 2.75) is 148 Å². The number of hydroxylamine groups is 6. The Hall–Kier alpha value is -2.37. The van der Waals surface area contributed by atoms with Crippen molar-refractivity contribution in [3.8, 4) is 0 Å². The molecule has 5 aliphatic rings. The van der Waals surface area contributed by atoms with Crippen molar-refractivity contribution in [3.63, 3.8) is 0 Å². The lowest BCUT2D eigenvalue weighted by atomic mass is 9.60. The molecule has 4 N–H and O–H groups in total. The lowest BCUT2D eigenvalue weighted by Crippen LogP contribution is -2.79. The minimum Gasteiger partial charge on any atom is -0.588 e. The highest BCUT2D eigenvalue weighted by atomic mass is 17.0. The second kappa shape index (κ2) is 14.9. The van der Waals surface area contributed by atoms with Crippen LogP contribution in [0.2, 0.25) is 0 Å². The normalized spacial score (nSPS) is 43.4. The molecule has 9 unspecified atom stereocenters. The maximum Gasteiger partial charge on any atom is 0.348 e. The van der Waals surface area contributed by atoms with Crippen molar-refractivity contribution < 1.29 is 63.5 Å². The van der Waals surface area contributed by atoms with Crippen LogP contribution >= 0.6 is 0 Å². The molecule has 0 spiro atoms. The highest BCUT2D eigenvalue weighted by Gasteiger charge is 2.73. The predicted molar refractivity (Wildman–Crippen MR) is 174 cm³/mol. The van der Waals surface area contributed by atoms with Crippen LogP contribution in [0.4, 0.5) is 0 Å². The zero-order valence-electron chi connectivity index (χ0n) is 30.2. The van der Waals surface area contributed by atoms with E-state index < -0.39 is 107 Å². The van der Waals surface area contributed by atoms with E-state index in [1.54, 1.807) is 20.8 Å². The quantitative estimate of drug-likeness (QED) is 0.154. The van der Waals surface area contributed by atoms with Gasteiger partial charge in [-0.05, 0) is 69.6 Å². The molecule has 284 valence electrons. The monoisotopic (exact) mass is 712 g/mol. The fourth-order valence-electron chi connectivity index (χ4n) is 9.40. The second-order valence-electron chi connectivity index (χ2n) is 15.1. The summed E-state index contributed by atoms with van der Waals surface area (Å²) in [6, 6.07) is 0. The number of hydrogen-bond donors (Lipinski definition) is 4. The molecule has 5 rings (SSSR count). The third-order valence-corrected chi connectivity index (χ3v) is 12.2. The first-order valence-corrected chi connectivity index (χ1v) is 18.2. The molecule has 0 aromatic heterocycles. The van der Waals surface area contributed by atoms with Gasteiger partial charge in [0.15, 0.2) is 5.70 Å². The van der Waals surface area contributed by atoms with Gasteiger partial charge in [0.25, 0.3) is 0 Å². The molecule has 0 radical (unpaired) electrons. The topological polar surface area (TPSA) is 205 Å². The summed E-state index contributed by atoms with van der Waals surface area (Å²) in [6.07, 6.45) is -3.62. The number of carbonyl (C=O) groups is 3. The van der Waals surface area contributed by atoms with Crippen molar-refractivity contribution in [3.05, 3.63) is 16.8 Å². The Morgan fingerprint density at radius 2 is 1.46 bits per heavy atom. The van der Waals surface area contributed by atoms with Crippen molar-refractivity contribution >= 4 is 17.8 Å². The summed E-state index contributed by atoms with van der Waals surface area (Å²) < 4.78 is 18.3. The van der Waals surface area contributed by atoms with Crippen LogP contribution in [-0.2, 0) is 38.3 Å². The largest absolute Gasteiger partial charge is 0.588 e. The van der Waals surface area contributed by atoms with E-state index in [-0.39, 0.29) is 24.5 Å². The standard InChI is InChI=1S/C35H56N2O13/c1-8-17(3)28-33(43)37(45)35(18(4)9-2,34(44)36(28)46-7)49-25-16-22(12-15-24(25)50-37)27-30(42)29(41)26(21-10-13-23(40)14-11-21)31(47-19(5)38)32(27)48-20(6)39/h17-18,21-27,29-32,40-43H,8-16H2,1-7H3/t17-,18-,21?,22?,23?,24?,25?,26?,27?,29?,30?,31?,32?,35+,37+/m0/s1. The third kappa shape index (κ3) is 6.35. The van der Waals surface area contributed by atoms with E-state index in [0.29, 0.717) is 44.9 Å². The molecule has 2 heterocycles. The smallest absolute Gasteiger partial charge is 0.348 e. The van der Waals surface area contributed by atoms with E-state index >= 15 is 0 Å². The van der Waals surface area contributed by atoms with Crippen LogP contribution in [-0.4, -0.2) is 104 Å². The maximum atomic E-state index is 14.9. The first-order chi connectivity index (χ1) is 23.6. The van der Waals surface area contributed by atoms with Gasteiger partial charge in [-0.3, -0.25) is 19.2 Å². The summed E-state index contributed by atoms with van der Waals surface area (Å²) in [7, 11) is 1.28. The van der Waals surface area contributed by atoms with Crippen LogP contribution < -0.4 is 0 Å². The van der Waals surface area contributed by atoms with E-state index in [2.05, 4.69) is 0 Å². The van der Waals surface area contributed by atoms with Crippen molar-refractivity contribution in [2.24, 2.45) is 35.5 Å². The van der Waals surface area contributed by atoms with Gasteiger partial charge in [0.1, 0.15) is 18.3 Å². The molecular formula is C35H56N2O13. The van der Waals surface area contributed by atoms with Crippen LogP contribution in [0.25, 0.3) is 0 Å². The average Bonchev–Trinajstić information content (AvgIpc) is 3.07. The van der Waals surface area contributed by atoms with Gasteiger partial charge in [-0.2, -0.15) is 9.90 Å². The molecule has 1 amide bonds.